The second-order valence-corrected chi connectivity index (χ2v) is 32.4. The Morgan fingerprint density at radius 2 is 0.817 bits per heavy atom. The number of amides is 15. The molecule has 1 aromatic heterocycles. The molecule has 0 aliphatic rings. The Morgan fingerprint density at radius 1 is 0.444 bits per heavy atom. The Hall–Kier alpha value is -11.4. The number of rotatable bonds is 63. The van der Waals surface area contributed by atoms with Crippen molar-refractivity contribution in [2.75, 3.05) is 51.4 Å². The molecule has 0 aliphatic carbocycles. The number of aliphatic imine (C=N–C) groups is 2. The molecule has 0 saturated carbocycles. The molecule has 0 bridgehead atoms. The summed E-state index contributed by atoms with van der Waals surface area (Å²) >= 11 is 1.22. The molecule has 0 radical (unpaired) electrons. The van der Waals surface area contributed by atoms with Gasteiger partial charge in [-0.05, 0) is 146 Å². The summed E-state index contributed by atoms with van der Waals surface area (Å²) < 4.78 is 0. The fraction of sp³-hybridized carbons (Fsp3) is 0.658. The van der Waals surface area contributed by atoms with E-state index in [1.54, 1.807) is 78.1 Å². The number of carboxylic acids is 1. The maximum atomic E-state index is 14.9. The average Bonchev–Trinajstić information content (AvgIpc) is 1.11. The van der Waals surface area contributed by atoms with Crippen LogP contribution in [0.4, 0.5) is 0 Å². The van der Waals surface area contributed by atoms with E-state index in [2.05, 4.69) is 94.4 Å². The molecule has 0 aliphatic heterocycles. The van der Waals surface area contributed by atoms with Gasteiger partial charge in [-0.3, -0.25) is 81.9 Å². The van der Waals surface area contributed by atoms with Gasteiger partial charge in [0.25, 0.3) is 0 Å². The van der Waals surface area contributed by atoms with Crippen molar-refractivity contribution in [2.24, 2.45) is 73.6 Å². The third-order valence-corrected chi connectivity index (χ3v) is 20.4. The number of aromatic amines is 1. The fourth-order valence-corrected chi connectivity index (χ4v) is 13.0. The van der Waals surface area contributed by atoms with Crippen LogP contribution in [0.15, 0.2) is 52.8 Å². The van der Waals surface area contributed by atoms with Gasteiger partial charge in [0, 0.05) is 37.8 Å². The molecule has 15 amide bonds. The molecule has 17 atom stereocenters. The van der Waals surface area contributed by atoms with Crippen LogP contribution in [0.3, 0.4) is 0 Å². The van der Waals surface area contributed by atoms with Gasteiger partial charge in [-0.1, -0.05) is 78.3 Å². The molecule has 46 nitrogen and oxygen atoms in total. The summed E-state index contributed by atoms with van der Waals surface area (Å²) in [6, 6.07) is -14.9. The SMILES string of the molecule is CC[C@H](C)[C@H](NC(=O)[C@H](CCCN=C(N)N)NC(=O)[C@H](CCCCN)NC(=O)[C@H](CC(C)C)NC(=O)[C@H](CO)NC(=O)[C@H](CCSC)NC(=O)[C@H](CC(N)=O)NC(=O)[C@H](CCCN=C(N)N)NC(=O)[C@H](Cc1ccccc1)NC(=O)[C@H](Cc1cnc[nH]1)NC(=O)[C@H](C)NC(=O)[C@H](CO)NC(=O)[C@H](CC(C)C)NC(=O)[C@@H](N)[C@@H](C)O)C(=O)N[C@@H](CCCCN)C(=O)O. The van der Waals surface area contributed by atoms with Gasteiger partial charge < -0.3 is 146 Å². The zero-order valence-electron chi connectivity index (χ0n) is 73.2. The number of nitrogens with zero attached hydrogens (tertiary/aromatic N) is 3. The van der Waals surface area contributed by atoms with Crippen molar-refractivity contribution < 1.29 is 97.1 Å². The highest BCUT2D eigenvalue weighted by Gasteiger charge is 2.40. The second kappa shape index (κ2) is 59.5. The predicted octanol–water partition coefficient (Wildman–Crippen LogP) is -8.09. The topological polar surface area (TPSA) is 784 Å². The number of H-pyrrole nitrogens is 1. The summed E-state index contributed by atoms with van der Waals surface area (Å²) in [6.45, 7) is 11.1. The van der Waals surface area contributed by atoms with Crippen LogP contribution in [0.5, 0.6) is 0 Å². The number of aromatic nitrogens is 2. The van der Waals surface area contributed by atoms with Crippen LogP contribution in [0.2, 0.25) is 0 Å². The highest BCUT2D eigenvalue weighted by molar-refractivity contribution is 7.98. The van der Waals surface area contributed by atoms with Crippen molar-refractivity contribution >= 4 is 118 Å². The van der Waals surface area contributed by atoms with E-state index in [1.165, 1.54) is 38.1 Å². The van der Waals surface area contributed by atoms with Gasteiger partial charge >= 0.3 is 5.97 Å². The highest BCUT2D eigenvalue weighted by Crippen LogP contribution is 2.17. The summed E-state index contributed by atoms with van der Waals surface area (Å²) in [6.07, 6.45) is 2.67. The molecule has 35 N–H and O–H groups in total. The molecule has 47 heteroatoms. The minimum Gasteiger partial charge on any atom is -0.480 e. The van der Waals surface area contributed by atoms with Gasteiger partial charge in [-0.25, -0.2) is 9.78 Å². The zero-order chi connectivity index (χ0) is 94.9. The summed E-state index contributed by atoms with van der Waals surface area (Å²) in [5.41, 5.74) is 46.0. The van der Waals surface area contributed by atoms with Crippen molar-refractivity contribution in [1.29, 1.82) is 0 Å². The lowest BCUT2D eigenvalue weighted by atomic mass is 9.96. The van der Waals surface area contributed by atoms with Crippen molar-refractivity contribution in [3.8, 4) is 0 Å². The van der Waals surface area contributed by atoms with Crippen LogP contribution < -0.4 is 120 Å². The van der Waals surface area contributed by atoms with E-state index in [-0.39, 0.29) is 132 Å². The largest absolute Gasteiger partial charge is 0.480 e. The van der Waals surface area contributed by atoms with Gasteiger partial charge in [0.2, 0.25) is 88.6 Å². The van der Waals surface area contributed by atoms with E-state index < -0.39 is 217 Å². The maximum Gasteiger partial charge on any atom is 0.326 e. The van der Waals surface area contributed by atoms with Crippen LogP contribution in [0, 0.1) is 17.8 Å². The third-order valence-electron chi connectivity index (χ3n) is 19.8. The number of nitrogens with one attached hydrogen (secondary N) is 15. The average molecular weight is 1800 g/mol. The molecule has 0 fully saturated rings. The van der Waals surface area contributed by atoms with Crippen molar-refractivity contribution in [3.63, 3.8) is 0 Å². The first kappa shape index (κ1) is 111. The number of imidazole rings is 1. The summed E-state index contributed by atoms with van der Waals surface area (Å²) in [7, 11) is 0. The number of aliphatic hydroxyl groups is 3. The number of aliphatic carboxylic acids is 1. The number of nitrogens with two attached hydrogens (primary N) is 8. The number of hydrogen-bond donors (Lipinski definition) is 27. The van der Waals surface area contributed by atoms with Crippen LogP contribution in [-0.2, 0) is 89.6 Å². The van der Waals surface area contributed by atoms with Gasteiger partial charge in [-0.15, -0.1) is 0 Å². The molecule has 2 rings (SSSR count). The normalized spacial score (nSPS) is 15.2. The Kier molecular flexibility index (Phi) is 52.3. The second-order valence-electron chi connectivity index (χ2n) is 31.5. The monoisotopic (exact) mass is 1800 g/mol. The number of carbonyl (C=O) groups excluding carboxylic acids is 15. The summed E-state index contributed by atoms with van der Waals surface area (Å²) in [4.78, 5) is 239. The highest BCUT2D eigenvalue weighted by atomic mass is 32.2. The standard InChI is InChI=1S/C79H136N26O20S/c1-10-43(6)62(76(123)97-52(77(124)125)23-15-17-28-81)105-67(114)50(25-19-30-90-79(86)87)93-64(111)48(22-14-16-27-80)94-68(115)53(32-41(2)3)99-74(121)59(39-107)103-66(113)51(26-31-126-9)96-72(119)57(36-60(82)109)101-65(112)49(24-18-29-89-78(84)85)95-70(117)55(34-46-20-12-11-13-21-46)100-71(118)56(35-47-37-88-40-91-47)98-63(110)44(7)92-73(120)58(38-106)104-69(116)54(33-42(4)5)102-75(122)61(83)45(8)108/h11-13,20-21,37,40-45,48-59,61-62,106-108H,10,14-19,22-36,38-39,80-81,83H2,1-9H3,(H2,82,109)(H,88,91)(H,92,120)(H,93,111)(H,94,115)(H,95,117)(H,96,119)(H,97,123)(H,98,110)(H,99,121)(H,100,118)(H,101,112)(H,102,122)(H,103,113)(H,104,116)(H,105,114)(H,124,125)(H4,84,85,89)(H4,86,87,90)/t43-,44-,45+,48-,49-,50-,51-,52-,53-,54-,55-,56-,57-,58-,59-,61-,62-/m0/s1. The minimum atomic E-state index is -1.92. The predicted molar refractivity (Wildman–Crippen MR) is 467 cm³/mol. The number of carboxylic acid groups (broad SMARTS) is 1. The van der Waals surface area contributed by atoms with E-state index in [0.717, 1.165) is 0 Å². The number of carbonyl (C=O) groups is 16. The molecule has 1 heterocycles. The molecular weight excluding hydrogens is 1670 g/mol. The van der Waals surface area contributed by atoms with Crippen molar-refractivity contribution in [1.82, 2.24) is 84.4 Å². The van der Waals surface area contributed by atoms with Crippen LogP contribution in [0.25, 0.3) is 0 Å². The Morgan fingerprint density at radius 3 is 1.24 bits per heavy atom. The summed E-state index contributed by atoms with van der Waals surface area (Å²) in [5.74, 6) is -17.9. The first-order valence-corrected chi connectivity index (χ1v) is 43.4. The Labute approximate surface area is 737 Å². The van der Waals surface area contributed by atoms with E-state index in [1.807, 2.05) is 0 Å². The number of guanidine groups is 2. The number of benzene rings is 1. The third kappa shape index (κ3) is 42.5. The van der Waals surface area contributed by atoms with E-state index in [9.17, 15) is 97.1 Å². The number of thioether (sulfide) groups is 1. The van der Waals surface area contributed by atoms with E-state index >= 15 is 0 Å². The minimum absolute atomic E-state index is 0.00244. The fourth-order valence-electron chi connectivity index (χ4n) is 12.5. The smallest absolute Gasteiger partial charge is 0.326 e. The molecular formula is C79H136N26O20S. The maximum absolute atomic E-state index is 14.9. The number of primary amides is 1. The lowest BCUT2D eigenvalue weighted by molar-refractivity contribution is -0.143. The Bertz CT molecular complexity index is 3880. The van der Waals surface area contributed by atoms with E-state index in [0.29, 0.717) is 37.8 Å². The lowest BCUT2D eigenvalue weighted by Gasteiger charge is -2.29. The van der Waals surface area contributed by atoms with Crippen LogP contribution >= 0.6 is 11.8 Å². The number of aliphatic hydroxyl groups excluding tert-OH is 3. The lowest BCUT2D eigenvalue weighted by Crippen LogP contribution is -2.62. The zero-order valence-corrected chi connectivity index (χ0v) is 74.0. The van der Waals surface area contributed by atoms with Gasteiger partial charge in [0.15, 0.2) is 11.9 Å². The first-order chi connectivity index (χ1) is 59.5. The molecule has 0 unspecified atom stereocenters. The van der Waals surface area contributed by atoms with Crippen molar-refractivity contribution in [2.45, 2.75) is 261 Å². The van der Waals surface area contributed by atoms with Gasteiger partial charge in [-0.2, -0.15) is 11.8 Å². The first-order valence-electron chi connectivity index (χ1n) is 42.0. The molecule has 0 saturated heterocycles. The van der Waals surface area contributed by atoms with Gasteiger partial charge in [0.1, 0.15) is 90.6 Å². The summed E-state index contributed by atoms with van der Waals surface area (Å²) in [5, 5.41) is 76.1. The molecule has 2 aromatic rings. The van der Waals surface area contributed by atoms with Crippen molar-refractivity contribution in [3.05, 3.63) is 54.1 Å². The van der Waals surface area contributed by atoms with Crippen LogP contribution in [-0.4, -0.2) is 285 Å². The van der Waals surface area contributed by atoms with E-state index in [4.69, 9.17) is 45.9 Å². The number of unbranched alkanes of at least 4 members (excludes halogenated alkanes) is 2. The molecule has 708 valence electrons. The Balaban J connectivity index is 2.58. The molecule has 1 aromatic carbocycles. The van der Waals surface area contributed by atoms with Crippen LogP contribution in [0.1, 0.15) is 163 Å². The molecule has 126 heavy (non-hydrogen) atoms. The molecule has 0 spiro atoms. The quantitative estimate of drug-likeness (QED) is 0.0166. The number of hydrogen-bond acceptors (Lipinski definition) is 26. The van der Waals surface area contributed by atoms with Gasteiger partial charge in [0.05, 0.1) is 32.1 Å².